The molecule has 0 unspecified atom stereocenters. The number of benzene rings is 2. The van der Waals surface area contributed by atoms with Crippen LogP contribution in [0.15, 0.2) is 48.7 Å². The summed E-state index contributed by atoms with van der Waals surface area (Å²) in [5, 5.41) is 1.76. The molecule has 0 saturated carbocycles. The molecule has 25 heavy (non-hydrogen) atoms. The number of halogens is 1. The second-order valence-corrected chi connectivity index (χ2v) is 6.59. The zero-order chi connectivity index (χ0) is 17.8. The van der Waals surface area contributed by atoms with Crippen molar-refractivity contribution in [3.8, 4) is 5.75 Å². The van der Waals surface area contributed by atoms with E-state index in [4.69, 9.17) is 16.3 Å². The van der Waals surface area contributed by atoms with Crippen LogP contribution in [0.25, 0.3) is 10.9 Å². The van der Waals surface area contributed by atoms with Crippen molar-refractivity contribution in [3.63, 3.8) is 0 Å². The van der Waals surface area contributed by atoms with Crippen molar-refractivity contribution < 1.29 is 9.53 Å². The van der Waals surface area contributed by atoms with E-state index in [1.807, 2.05) is 62.5 Å². The molecule has 0 saturated heterocycles. The van der Waals surface area contributed by atoms with Gasteiger partial charge >= 0.3 is 0 Å². The molecule has 1 aromatic heterocycles. The lowest BCUT2D eigenvalue weighted by Crippen LogP contribution is -2.07. The molecule has 4 heteroatoms. The number of ether oxygens (including phenoxy) is 1. The van der Waals surface area contributed by atoms with E-state index < -0.39 is 0 Å². The summed E-state index contributed by atoms with van der Waals surface area (Å²) in [7, 11) is 0. The summed E-state index contributed by atoms with van der Waals surface area (Å²) in [6, 6.07) is 13.7. The van der Waals surface area contributed by atoms with Crippen molar-refractivity contribution in [1.29, 1.82) is 0 Å². The van der Waals surface area contributed by atoms with Gasteiger partial charge in [0.15, 0.2) is 5.78 Å². The molecular weight excluding hydrogens is 334 g/mol. The molecule has 1 heterocycles. The molecule has 2 aromatic carbocycles. The van der Waals surface area contributed by atoms with Crippen LogP contribution in [-0.4, -0.2) is 17.0 Å². The number of fused-ring (bicyclic) bond motifs is 1. The third kappa shape index (κ3) is 3.88. The van der Waals surface area contributed by atoms with Crippen LogP contribution in [0.4, 0.5) is 0 Å². The van der Waals surface area contributed by atoms with Crippen LogP contribution in [0.5, 0.6) is 5.75 Å². The van der Waals surface area contributed by atoms with E-state index in [9.17, 15) is 4.79 Å². The standard InChI is InChI=1S/C21H22ClNO2/c1-3-6-21(24)18-14-23(20-8-5-4-7-17(18)20)11-12-25-16-9-10-19(22)15(2)13-16/h4-5,7-10,13-14H,3,6,11-12H2,1-2H3. The molecule has 0 aliphatic heterocycles. The van der Waals surface area contributed by atoms with E-state index >= 15 is 0 Å². The third-order valence-electron chi connectivity index (χ3n) is 4.30. The predicted molar refractivity (Wildman–Crippen MR) is 103 cm³/mol. The topological polar surface area (TPSA) is 31.2 Å². The molecule has 3 rings (SSSR count). The van der Waals surface area contributed by atoms with Gasteiger partial charge in [0.25, 0.3) is 0 Å². The second-order valence-electron chi connectivity index (χ2n) is 6.19. The average molecular weight is 356 g/mol. The Hall–Kier alpha value is -2.26. The van der Waals surface area contributed by atoms with Crippen molar-refractivity contribution in [2.45, 2.75) is 33.2 Å². The summed E-state index contributed by atoms with van der Waals surface area (Å²) >= 11 is 6.04. The van der Waals surface area contributed by atoms with E-state index in [0.717, 1.165) is 39.2 Å². The SMILES string of the molecule is CCCC(=O)c1cn(CCOc2ccc(Cl)c(C)c2)c2ccccc12. The first-order valence-electron chi connectivity index (χ1n) is 8.60. The van der Waals surface area contributed by atoms with Gasteiger partial charge in [0, 0.05) is 34.1 Å². The first kappa shape index (κ1) is 17.6. The second kappa shape index (κ2) is 7.75. The van der Waals surface area contributed by atoms with Crippen LogP contribution < -0.4 is 4.74 Å². The van der Waals surface area contributed by atoms with Crippen LogP contribution in [0.2, 0.25) is 5.02 Å². The van der Waals surface area contributed by atoms with Crippen LogP contribution in [0.1, 0.15) is 35.7 Å². The predicted octanol–water partition coefficient (Wildman–Crippen LogP) is 5.66. The molecule has 0 aliphatic rings. The number of aryl methyl sites for hydroxylation is 1. The van der Waals surface area contributed by atoms with Crippen LogP contribution in [0.3, 0.4) is 0 Å². The number of Topliss-reactive ketones (excluding diaryl/α,β-unsaturated/α-hetero) is 1. The minimum atomic E-state index is 0.201. The van der Waals surface area contributed by atoms with Gasteiger partial charge < -0.3 is 9.30 Å². The fourth-order valence-electron chi connectivity index (χ4n) is 2.98. The van der Waals surface area contributed by atoms with Gasteiger partial charge in [-0.15, -0.1) is 0 Å². The molecule has 0 N–H and O–H groups in total. The Labute approximate surface area is 153 Å². The first-order chi connectivity index (χ1) is 12.1. The van der Waals surface area contributed by atoms with E-state index in [2.05, 4.69) is 4.57 Å². The number of carbonyl (C=O) groups is 1. The molecule has 0 fully saturated rings. The van der Waals surface area contributed by atoms with Crippen molar-refractivity contribution in [1.82, 2.24) is 4.57 Å². The van der Waals surface area contributed by atoms with Crippen LogP contribution in [0, 0.1) is 6.92 Å². The Morgan fingerprint density at radius 2 is 2.00 bits per heavy atom. The number of hydrogen-bond donors (Lipinski definition) is 0. The molecule has 0 amide bonds. The fraction of sp³-hybridized carbons (Fsp3) is 0.286. The Bertz CT molecular complexity index is 898. The fourth-order valence-corrected chi connectivity index (χ4v) is 3.10. The highest BCUT2D eigenvalue weighted by Gasteiger charge is 2.14. The van der Waals surface area contributed by atoms with Gasteiger partial charge in [0.1, 0.15) is 12.4 Å². The van der Waals surface area contributed by atoms with Gasteiger partial charge in [0.05, 0.1) is 6.54 Å². The number of ketones is 1. The highest BCUT2D eigenvalue weighted by atomic mass is 35.5. The van der Waals surface area contributed by atoms with E-state index in [1.54, 1.807) is 0 Å². The summed E-state index contributed by atoms with van der Waals surface area (Å²) in [6.45, 7) is 5.20. The highest BCUT2D eigenvalue weighted by molar-refractivity contribution is 6.31. The lowest BCUT2D eigenvalue weighted by atomic mass is 10.1. The number of rotatable bonds is 7. The molecule has 0 bridgehead atoms. The summed E-state index contributed by atoms with van der Waals surface area (Å²) < 4.78 is 7.95. The van der Waals surface area contributed by atoms with Gasteiger partial charge in [-0.25, -0.2) is 0 Å². The number of hydrogen-bond acceptors (Lipinski definition) is 2. The van der Waals surface area contributed by atoms with Crippen molar-refractivity contribution in [2.75, 3.05) is 6.61 Å². The van der Waals surface area contributed by atoms with Gasteiger partial charge in [-0.05, 0) is 43.2 Å². The lowest BCUT2D eigenvalue weighted by Gasteiger charge is -2.09. The van der Waals surface area contributed by atoms with Gasteiger partial charge in [-0.3, -0.25) is 4.79 Å². The first-order valence-corrected chi connectivity index (χ1v) is 8.98. The third-order valence-corrected chi connectivity index (χ3v) is 4.72. The molecule has 0 radical (unpaired) electrons. The molecular formula is C21H22ClNO2. The zero-order valence-corrected chi connectivity index (χ0v) is 15.3. The Balaban J connectivity index is 1.77. The molecule has 0 atom stereocenters. The Morgan fingerprint density at radius 3 is 2.76 bits per heavy atom. The van der Waals surface area contributed by atoms with Crippen molar-refractivity contribution >= 4 is 28.3 Å². The number of carbonyl (C=O) groups excluding carboxylic acids is 1. The molecule has 3 aromatic rings. The van der Waals surface area contributed by atoms with Crippen molar-refractivity contribution in [2.24, 2.45) is 0 Å². The number of aromatic nitrogens is 1. The maximum Gasteiger partial charge on any atom is 0.165 e. The number of nitrogens with zero attached hydrogens (tertiary/aromatic N) is 1. The quantitative estimate of drug-likeness (QED) is 0.511. The maximum atomic E-state index is 12.4. The summed E-state index contributed by atoms with van der Waals surface area (Å²) in [5.41, 5.74) is 2.87. The van der Waals surface area contributed by atoms with Gasteiger partial charge in [-0.2, -0.15) is 0 Å². The normalized spacial score (nSPS) is 11.0. The Kier molecular flexibility index (Phi) is 5.44. The average Bonchev–Trinajstić information content (AvgIpc) is 2.97. The highest BCUT2D eigenvalue weighted by Crippen LogP contribution is 2.24. The zero-order valence-electron chi connectivity index (χ0n) is 14.6. The maximum absolute atomic E-state index is 12.4. The van der Waals surface area contributed by atoms with E-state index in [1.165, 1.54) is 0 Å². The minimum absolute atomic E-state index is 0.201. The van der Waals surface area contributed by atoms with Crippen molar-refractivity contribution in [3.05, 3.63) is 64.8 Å². The van der Waals surface area contributed by atoms with Crippen LogP contribution in [-0.2, 0) is 6.54 Å². The monoisotopic (exact) mass is 355 g/mol. The van der Waals surface area contributed by atoms with E-state index in [-0.39, 0.29) is 5.78 Å². The van der Waals surface area contributed by atoms with Gasteiger partial charge in [0.2, 0.25) is 0 Å². The summed E-state index contributed by atoms with van der Waals surface area (Å²) in [6.07, 6.45) is 3.39. The Morgan fingerprint density at radius 1 is 1.20 bits per heavy atom. The van der Waals surface area contributed by atoms with E-state index in [0.29, 0.717) is 19.6 Å². The summed E-state index contributed by atoms with van der Waals surface area (Å²) in [4.78, 5) is 12.4. The minimum Gasteiger partial charge on any atom is -0.492 e. The van der Waals surface area contributed by atoms with Gasteiger partial charge in [-0.1, -0.05) is 36.7 Å². The smallest absolute Gasteiger partial charge is 0.165 e. The molecule has 130 valence electrons. The van der Waals surface area contributed by atoms with Crippen LogP contribution >= 0.6 is 11.6 Å². The number of para-hydroxylation sites is 1. The largest absolute Gasteiger partial charge is 0.492 e. The molecule has 3 nitrogen and oxygen atoms in total. The lowest BCUT2D eigenvalue weighted by molar-refractivity contribution is 0.0983. The summed E-state index contributed by atoms with van der Waals surface area (Å²) in [5.74, 6) is 1.01. The molecule has 0 spiro atoms. The molecule has 0 aliphatic carbocycles.